The van der Waals surface area contributed by atoms with Crippen LogP contribution in [0, 0.1) is 13.8 Å². The van der Waals surface area contributed by atoms with Crippen LogP contribution < -0.4 is 14.8 Å². The van der Waals surface area contributed by atoms with E-state index in [0.717, 1.165) is 22.4 Å². The lowest BCUT2D eigenvalue weighted by Crippen LogP contribution is -2.04. The molecule has 3 aromatic carbocycles. The van der Waals surface area contributed by atoms with E-state index in [2.05, 4.69) is 5.32 Å². The third kappa shape index (κ3) is 5.24. The number of anilines is 1. The van der Waals surface area contributed by atoms with Crippen LogP contribution in [-0.4, -0.2) is 18.2 Å². The first-order chi connectivity index (χ1) is 14.4. The van der Waals surface area contributed by atoms with E-state index >= 15 is 0 Å². The molecule has 30 heavy (non-hydrogen) atoms. The zero-order chi connectivity index (χ0) is 21.7. The Kier molecular flexibility index (Phi) is 6.85. The van der Waals surface area contributed by atoms with Crippen molar-refractivity contribution in [3.63, 3.8) is 0 Å². The molecular weight excluding hydrogens is 402 g/mol. The highest BCUT2D eigenvalue weighted by Gasteiger charge is 2.13. The van der Waals surface area contributed by atoms with Gasteiger partial charge in [-0.1, -0.05) is 41.4 Å². The normalized spacial score (nSPS) is 10.5. The van der Waals surface area contributed by atoms with E-state index in [1.807, 2.05) is 50.2 Å². The number of methoxy groups -OCH3 is 1. The Morgan fingerprint density at radius 1 is 1.03 bits per heavy atom. The van der Waals surface area contributed by atoms with Gasteiger partial charge in [-0.15, -0.1) is 0 Å². The predicted octanol–water partition coefficient (Wildman–Crippen LogP) is 5.85. The number of aryl methyl sites for hydroxylation is 2. The average Bonchev–Trinajstić information content (AvgIpc) is 2.72. The molecule has 0 spiro atoms. The molecule has 0 saturated heterocycles. The molecule has 0 unspecified atom stereocenters. The van der Waals surface area contributed by atoms with Crippen molar-refractivity contribution in [3.05, 3.63) is 87.4 Å². The third-order valence-corrected chi connectivity index (χ3v) is 5.03. The number of carbonyl (C=O) groups is 1. The molecule has 0 aromatic heterocycles. The Hall–Kier alpha value is -3.18. The van der Waals surface area contributed by atoms with E-state index < -0.39 is 5.97 Å². The summed E-state index contributed by atoms with van der Waals surface area (Å²) in [6, 6.07) is 16.8. The lowest BCUT2D eigenvalue weighted by atomic mass is 10.1. The van der Waals surface area contributed by atoms with Crippen molar-refractivity contribution in [2.75, 3.05) is 12.4 Å². The molecule has 2 N–H and O–H groups in total. The topological polar surface area (TPSA) is 67.8 Å². The number of ether oxygens (including phenoxy) is 2. The highest BCUT2D eigenvalue weighted by Crippen LogP contribution is 2.37. The van der Waals surface area contributed by atoms with Gasteiger partial charge >= 0.3 is 5.97 Å². The number of carboxylic acids is 1. The molecular formula is C24H24ClNO4. The molecule has 3 aromatic rings. The lowest BCUT2D eigenvalue weighted by molar-refractivity contribution is 0.0697. The maximum absolute atomic E-state index is 11.1. The first-order valence-electron chi connectivity index (χ1n) is 9.50. The molecule has 0 radical (unpaired) electrons. The van der Waals surface area contributed by atoms with Crippen LogP contribution in [0.3, 0.4) is 0 Å². The molecule has 3 rings (SSSR count). The summed E-state index contributed by atoms with van der Waals surface area (Å²) in [5, 5.41) is 12.9. The zero-order valence-corrected chi connectivity index (χ0v) is 17.9. The van der Waals surface area contributed by atoms with Gasteiger partial charge in [-0.2, -0.15) is 0 Å². The number of rotatable bonds is 8. The Morgan fingerprint density at radius 3 is 2.40 bits per heavy atom. The fourth-order valence-electron chi connectivity index (χ4n) is 3.05. The van der Waals surface area contributed by atoms with Crippen molar-refractivity contribution >= 4 is 23.3 Å². The van der Waals surface area contributed by atoms with Crippen molar-refractivity contribution in [2.24, 2.45) is 0 Å². The number of hydrogen-bond acceptors (Lipinski definition) is 4. The van der Waals surface area contributed by atoms with Crippen LogP contribution in [0.1, 0.15) is 32.6 Å². The molecule has 0 fully saturated rings. The molecule has 0 saturated carbocycles. The third-order valence-electron chi connectivity index (χ3n) is 4.75. The highest BCUT2D eigenvalue weighted by atomic mass is 35.5. The van der Waals surface area contributed by atoms with Crippen LogP contribution in [0.15, 0.2) is 54.6 Å². The van der Waals surface area contributed by atoms with Gasteiger partial charge in [-0.25, -0.2) is 4.79 Å². The minimum absolute atomic E-state index is 0.262. The van der Waals surface area contributed by atoms with E-state index in [0.29, 0.717) is 29.7 Å². The van der Waals surface area contributed by atoms with Gasteiger partial charge in [0.15, 0.2) is 11.5 Å². The second-order valence-electron chi connectivity index (χ2n) is 7.07. The Balaban J connectivity index is 1.71. The van der Waals surface area contributed by atoms with Crippen molar-refractivity contribution in [3.8, 4) is 11.5 Å². The number of halogens is 1. The summed E-state index contributed by atoms with van der Waals surface area (Å²) in [4.78, 5) is 11.1. The molecule has 0 bridgehead atoms. The van der Waals surface area contributed by atoms with Gasteiger partial charge in [-0.3, -0.25) is 0 Å². The van der Waals surface area contributed by atoms with Crippen LogP contribution >= 0.6 is 11.6 Å². The fourth-order valence-corrected chi connectivity index (χ4v) is 3.34. The van der Waals surface area contributed by atoms with Gasteiger partial charge in [0.25, 0.3) is 0 Å². The van der Waals surface area contributed by atoms with Crippen molar-refractivity contribution in [1.29, 1.82) is 0 Å². The van der Waals surface area contributed by atoms with Crippen molar-refractivity contribution in [1.82, 2.24) is 0 Å². The van der Waals surface area contributed by atoms with Crippen LogP contribution in [0.4, 0.5) is 5.69 Å². The van der Waals surface area contributed by atoms with Gasteiger partial charge in [-0.05, 0) is 60.9 Å². The fraction of sp³-hybridized carbons (Fsp3) is 0.208. The molecule has 0 aliphatic carbocycles. The summed E-state index contributed by atoms with van der Waals surface area (Å²) in [5.41, 5.74) is 5.13. The van der Waals surface area contributed by atoms with Gasteiger partial charge in [0.05, 0.1) is 17.7 Å². The van der Waals surface area contributed by atoms with Crippen LogP contribution in [0.2, 0.25) is 5.02 Å². The number of aromatic carboxylic acids is 1. The maximum Gasteiger partial charge on any atom is 0.335 e. The maximum atomic E-state index is 11.1. The quantitative estimate of drug-likeness (QED) is 0.473. The first kappa shape index (κ1) is 21.5. The summed E-state index contributed by atoms with van der Waals surface area (Å²) >= 11 is 6.48. The van der Waals surface area contributed by atoms with Crippen molar-refractivity contribution in [2.45, 2.75) is 27.0 Å². The van der Waals surface area contributed by atoms with Crippen LogP contribution in [-0.2, 0) is 13.2 Å². The molecule has 6 heteroatoms. The second-order valence-corrected chi connectivity index (χ2v) is 7.48. The van der Waals surface area contributed by atoms with E-state index in [-0.39, 0.29) is 5.56 Å². The SMILES string of the molecule is COc1cc(CNc2ccc(C(=O)O)cc2C)cc(Cl)c1OCc1ccc(C)cc1. The zero-order valence-electron chi connectivity index (χ0n) is 17.2. The largest absolute Gasteiger partial charge is 0.493 e. The van der Waals surface area contributed by atoms with Gasteiger partial charge < -0.3 is 19.9 Å². The van der Waals surface area contributed by atoms with Crippen molar-refractivity contribution < 1.29 is 19.4 Å². The van der Waals surface area contributed by atoms with Crippen LogP contribution in [0.5, 0.6) is 11.5 Å². The van der Waals surface area contributed by atoms with Crippen LogP contribution in [0.25, 0.3) is 0 Å². The number of benzene rings is 3. The first-order valence-corrected chi connectivity index (χ1v) is 9.87. The predicted molar refractivity (Wildman–Crippen MR) is 119 cm³/mol. The monoisotopic (exact) mass is 425 g/mol. The van der Waals surface area contributed by atoms with Gasteiger partial charge in [0.2, 0.25) is 0 Å². The second kappa shape index (κ2) is 9.55. The van der Waals surface area contributed by atoms with E-state index in [1.54, 1.807) is 25.3 Å². The van der Waals surface area contributed by atoms with Gasteiger partial charge in [0.1, 0.15) is 6.61 Å². The molecule has 0 amide bonds. The lowest BCUT2D eigenvalue weighted by Gasteiger charge is -2.16. The molecule has 0 aliphatic heterocycles. The minimum atomic E-state index is -0.942. The summed E-state index contributed by atoms with van der Waals surface area (Å²) in [6.07, 6.45) is 0. The Labute approximate surface area is 181 Å². The number of nitrogens with one attached hydrogen (secondary N) is 1. The smallest absolute Gasteiger partial charge is 0.335 e. The summed E-state index contributed by atoms with van der Waals surface area (Å²) < 4.78 is 11.4. The summed E-state index contributed by atoms with van der Waals surface area (Å²) in [6.45, 7) is 4.80. The molecule has 0 heterocycles. The Bertz CT molecular complexity index is 1050. The Morgan fingerprint density at radius 2 is 1.77 bits per heavy atom. The van der Waals surface area contributed by atoms with Gasteiger partial charge in [0, 0.05) is 12.2 Å². The number of carboxylic acid groups (broad SMARTS) is 1. The van der Waals surface area contributed by atoms with E-state index in [1.165, 1.54) is 5.56 Å². The molecule has 156 valence electrons. The standard InChI is InChI=1S/C24H24ClNO4/c1-15-4-6-17(7-5-15)14-30-23-20(25)11-18(12-22(23)29-3)13-26-21-9-8-19(24(27)28)10-16(21)2/h4-12,26H,13-14H2,1-3H3,(H,27,28). The van der Waals surface area contributed by atoms with E-state index in [4.69, 9.17) is 26.2 Å². The summed E-state index contributed by atoms with van der Waals surface area (Å²) in [5.74, 6) is 0.122. The average molecular weight is 426 g/mol. The summed E-state index contributed by atoms with van der Waals surface area (Å²) in [7, 11) is 1.58. The highest BCUT2D eigenvalue weighted by molar-refractivity contribution is 6.32. The molecule has 0 aliphatic rings. The molecule has 5 nitrogen and oxygen atoms in total. The molecule has 0 atom stereocenters. The minimum Gasteiger partial charge on any atom is -0.493 e. The number of hydrogen-bond donors (Lipinski definition) is 2. The van der Waals surface area contributed by atoms with E-state index in [9.17, 15) is 4.79 Å².